The van der Waals surface area contributed by atoms with E-state index in [9.17, 15) is 14.8 Å². The average molecular weight is 357 g/mol. The predicted molar refractivity (Wildman–Crippen MR) is 97.4 cm³/mol. The number of carbonyl (C=O) groups excluding carboxylic acids is 2. The average Bonchev–Trinajstić information content (AvgIpc) is 2.57. The Morgan fingerprint density at radius 2 is 1.92 bits per heavy atom. The first-order chi connectivity index (χ1) is 11.8. The van der Waals surface area contributed by atoms with E-state index in [4.69, 9.17) is 0 Å². The molecule has 2 aromatic rings. The number of aromatic nitrogens is 1. The molecule has 1 aliphatic heterocycles. The summed E-state index contributed by atoms with van der Waals surface area (Å²) in [5.41, 5.74) is 0.244. The number of nitrogens with zero attached hydrogens (tertiary/aromatic N) is 2. The number of benzene rings is 1. The fourth-order valence-electron chi connectivity index (χ4n) is 2.76. The Balaban J connectivity index is 1.94. The summed E-state index contributed by atoms with van der Waals surface area (Å²) in [5, 5.41) is 14.6. The fraction of sp³-hybridized carbons (Fsp3) is 0.278. The van der Waals surface area contributed by atoms with Crippen molar-refractivity contribution >= 4 is 35.0 Å². The Kier molecular flexibility index (Phi) is 4.43. The van der Waals surface area contributed by atoms with Crippen LogP contribution in [-0.2, 0) is 9.59 Å². The molecule has 1 atom stereocenters. The molecule has 0 radical (unpaired) electrons. The monoisotopic (exact) mass is 357 g/mol. The maximum atomic E-state index is 13.2. The number of rotatable bonds is 3. The van der Waals surface area contributed by atoms with Gasteiger partial charge in [0.2, 0.25) is 11.8 Å². The number of para-hydroxylation sites is 2. The van der Waals surface area contributed by atoms with Crippen LogP contribution in [0.25, 0.3) is 0 Å². The minimum atomic E-state index is -1.02. The van der Waals surface area contributed by atoms with E-state index in [0.717, 1.165) is 4.73 Å². The molecule has 2 amide bonds. The van der Waals surface area contributed by atoms with E-state index in [1.54, 1.807) is 45.0 Å². The summed E-state index contributed by atoms with van der Waals surface area (Å²) >= 11 is 1.18. The second kappa shape index (κ2) is 6.40. The topological polar surface area (TPSA) is 76.3 Å². The third-order valence-corrected chi connectivity index (χ3v) is 5.27. The van der Waals surface area contributed by atoms with Crippen molar-refractivity contribution in [1.29, 1.82) is 0 Å². The van der Waals surface area contributed by atoms with Gasteiger partial charge in [0.05, 0.1) is 16.6 Å². The van der Waals surface area contributed by atoms with Gasteiger partial charge in [-0.2, -0.15) is 4.73 Å². The van der Waals surface area contributed by atoms with Crippen molar-refractivity contribution in [2.45, 2.75) is 36.6 Å². The van der Waals surface area contributed by atoms with Crippen LogP contribution in [0, 0.1) is 5.21 Å². The second-order valence-corrected chi connectivity index (χ2v) is 7.69. The number of carbonyl (C=O) groups is 2. The van der Waals surface area contributed by atoms with E-state index in [-0.39, 0.29) is 11.8 Å². The molecule has 0 saturated carbocycles. The molecular formula is C18H19N3O3S. The minimum Gasteiger partial charge on any atom is -0.618 e. The third-order valence-electron chi connectivity index (χ3n) is 4.16. The number of hydrogen-bond acceptors (Lipinski definition) is 4. The Morgan fingerprint density at radius 1 is 1.24 bits per heavy atom. The number of nitrogens with one attached hydrogen (secondary N) is 1. The van der Waals surface area contributed by atoms with Gasteiger partial charge in [-0.05, 0) is 50.7 Å². The molecule has 1 aromatic heterocycles. The predicted octanol–water partition coefficient (Wildman–Crippen LogP) is 2.56. The van der Waals surface area contributed by atoms with Crippen LogP contribution in [0.3, 0.4) is 0 Å². The molecule has 0 unspecified atom stereocenters. The van der Waals surface area contributed by atoms with Gasteiger partial charge < -0.3 is 10.5 Å². The van der Waals surface area contributed by atoms with Crippen molar-refractivity contribution in [3.63, 3.8) is 0 Å². The van der Waals surface area contributed by atoms with Gasteiger partial charge in [-0.15, -0.1) is 0 Å². The zero-order chi connectivity index (χ0) is 18.2. The van der Waals surface area contributed by atoms with E-state index in [0.29, 0.717) is 16.4 Å². The lowest BCUT2D eigenvalue weighted by Crippen LogP contribution is -2.60. The van der Waals surface area contributed by atoms with Crippen molar-refractivity contribution in [2.24, 2.45) is 0 Å². The van der Waals surface area contributed by atoms with Crippen molar-refractivity contribution in [3.8, 4) is 0 Å². The number of amides is 2. The molecule has 0 fully saturated rings. The third kappa shape index (κ3) is 3.07. The molecule has 0 spiro atoms. The number of pyridine rings is 1. The normalized spacial score (nSPS) is 16.8. The van der Waals surface area contributed by atoms with Gasteiger partial charge in [0, 0.05) is 12.1 Å². The molecule has 0 saturated heterocycles. The highest BCUT2D eigenvalue weighted by molar-refractivity contribution is 8.00. The number of fused-ring (bicyclic) bond motifs is 1. The quantitative estimate of drug-likeness (QED) is 0.520. The van der Waals surface area contributed by atoms with Gasteiger partial charge >= 0.3 is 0 Å². The highest BCUT2D eigenvalue weighted by Crippen LogP contribution is 2.38. The highest BCUT2D eigenvalue weighted by Gasteiger charge is 2.45. The molecule has 6 nitrogen and oxygen atoms in total. The lowest BCUT2D eigenvalue weighted by molar-refractivity contribution is -0.645. The first-order valence-corrected chi connectivity index (χ1v) is 8.79. The van der Waals surface area contributed by atoms with Gasteiger partial charge in [-0.25, -0.2) is 0 Å². The van der Waals surface area contributed by atoms with Crippen LogP contribution >= 0.6 is 11.8 Å². The number of thioether (sulfide) groups is 1. The van der Waals surface area contributed by atoms with E-state index < -0.39 is 10.8 Å². The molecule has 0 aliphatic carbocycles. The van der Waals surface area contributed by atoms with E-state index in [1.807, 2.05) is 18.2 Å². The minimum absolute atomic E-state index is 0.221. The van der Waals surface area contributed by atoms with Gasteiger partial charge in [-0.1, -0.05) is 12.1 Å². The molecule has 7 heteroatoms. The van der Waals surface area contributed by atoms with Crippen LogP contribution in [-0.4, -0.2) is 22.6 Å². The van der Waals surface area contributed by atoms with E-state index >= 15 is 0 Å². The van der Waals surface area contributed by atoms with Crippen LogP contribution in [0.5, 0.6) is 0 Å². The van der Waals surface area contributed by atoms with Crippen molar-refractivity contribution in [3.05, 3.63) is 53.9 Å². The molecule has 2 heterocycles. The Labute approximate surface area is 150 Å². The van der Waals surface area contributed by atoms with Crippen molar-refractivity contribution in [1.82, 2.24) is 0 Å². The van der Waals surface area contributed by atoms with Crippen LogP contribution in [0.1, 0.15) is 20.8 Å². The summed E-state index contributed by atoms with van der Waals surface area (Å²) in [7, 11) is 0. The van der Waals surface area contributed by atoms with Gasteiger partial charge in [-0.3, -0.25) is 14.5 Å². The molecule has 130 valence electrons. The second-order valence-electron chi connectivity index (χ2n) is 6.33. The van der Waals surface area contributed by atoms with Gasteiger partial charge in [0.25, 0.3) is 5.03 Å². The molecule has 25 heavy (non-hydrogen) atoms. The SMILES string of the molecule is C[C@H](Sc1cccc[n+]1[O-])C(=O)N1c2ccccc2NC(=O)C1(C)C. The maximum absolute atomic E-state index is 13.2. The maximum Gasteiger partial charge on any atom is 0.252 e. The van der Waals surface area contributed by atoms with Crippen LogP contribution in [0.4, 0.5) is 11.4 Å². The van der Waals surface area contributed by atoms with Gasteiger partial charge in [0.15, 0.2) is 6.20 Å². The summed E-state index contributed by atoms with van der Waals surface area (Å²) in [6, 6.07) is 12.3. The fourth-order valence-corrected chi connectivity index (χ4v) is 3.65. The zero-order valence-corrected chi connectivity index (χ0v) is 15.0. The molecule has 0 bridgehead atoms. The summed E-state index contributed by atoms with van der Waals surface area (Å²) in [4.78, 5) is 27.1. The van der Waals surface area contributed by atoms with Crippen molar-refractivity contribution in [2.75, 3.05) is 10.2 Å². The van der Waals surface area contributed by atoms with Crippen LogP contribution < -0.4 is 14.9 Å². The zero-order valence-electron chi connectivity index (χ0n) is 14.2. The van der Waals surface area contributed by atoms with E-state index in [2.05, 4.69) is 5.32 Å². The lowest BCUT2D eigenvalue weighted by atomic mass is 9.96. The largest absolute Gasteiger partial charge is 0.618 e. The molecule has 1 N–H and O–H groups in total. The van der Waals surface area contributed by atoms with Crippen molar-refractivity contribution < 1.29 is 14.3 Å². The Hall–Kier alpha value is -2.54. The summed E-state index contributed by atoms with van der Waals surface area (Å²) in [5.74, 6) is -0.462. The standard InChI is InChI=1S/C18H19N3O3S/c1-12(25-15-10-6-7-11-20(15)24)16(22)21-14-9-5-4-8-13(14)19-17(23)18(21,2)3/h4-12H,1-3H3,(H,19,23)/t12-/m0/s1. The number of hydrogen-bond donors (Lipinski definition) is 1. The summed E-state index contributed by atoms with van der Waals surface area (Å²) < 4.78 is 0.733. The summed E-state index contributed by atoms with van der Waals surface area (Å²) in [6.45, 7) is 5.17. The van der Waals surface area contributed by atoms with Gasteiger partial charge in [0.1, 0.15) is 5.54 Å². The Morgan fingerprint density at radius 3 is 2.64 bits per heavy atom. The first-order valence-electron chi connectivity index (χ1n) is 7.92. The Bertz CT molecular complexity index is 838. The molecular weight excluding hydrogens is 338 g/mol. The summed E-state index contributed by atoms with van der Waals surface area (Å²) in [6.07, 6.45) is 1.40. The first kappa shape index (κ1) is 17.3. The number of anilines is 2. The molecule has 1 aliphatic rings. The smallest absolute Gasteiger partial charge is 0.252 e. The molecule has 3 rings (SSSR count). The highest BCUT2D eigenvalue weighted by atomic mass is 32.2. The van der Waals surface area contributed by atoms with Crippen LogP contribution in [0.2, 0.25) is 0 Å². The van der Waals surface area contributed by atoms with Crippen LogP contribution in [0.15, 0.2) is 53.7 Å². The molecule has 1 aromatic carbocycles. The lowest BCUT2D eigenvalue weighted by Gasteiger charge is -2.42. The van der Waals surface area contributed by atoms with E-state index in [1.165, 1.54) is 22.9 Å².